The van der Waals surface area contributed by atoms with Crippen molar-refractivity contribution in [1.82, 2.24) is 4.90 Å². The van der Waals surface area contributed by atoms with Gasteiger partial charge in [-0.25, -0.2) is 13.2 Å². The largest absolute Gasteiger partial charge is 0.508 e. The van der Waals surface area contributed by atoms with Gasteiger partial charge in [0.15, 0.2) is 0 Å². The monoisotopic (exact) mass is 323 g/mol. The van der Waals surface area contributed by atoms with Gasteiger partial charge in [0.25, 0.3) is 5.66 Å². The third kappa shape index (κ3) is 10.6. The summed E-state index contributed by atoms with van der Waals surface area (Å²) >= 11 is 0. The minimum atomic E-state index is -2.56. The van der Waals surface area contributed by atoms with Crippen molar-refractivity contribution in [3.8, 4) is 5.75 Å². The van der Waals surface area contributed by atoms with E-state index in [1.807, 2.05) is 7.05 Å². The fraction of sp³-hybridized carbons (Fsp3) is 0.600. The van der Waals surface area contributed by atoms with E-state index < -0.39 is 5.66 Å². The summed E-state index contributed by atoms with van der Waals surface area (Å²) in [7, 11) is 3.57. The average molecular weight is 323 g/mol. The fourth-order valence-electron chi connectivity index (χ4n) is 1.50. The van der Waals surface area contributed by atoms with Crippen molar-refractivity contribution in [3.63, 3.8) is 0 Å². The SMILES string of the molecule is CCN(C)CCCCC(F)(F)P.Cc1c(O)cccc1F. The second-order valence-corrected chi connectivity index (χ2v) is 5.84. The van der Waals surface area contributed by atoms with Gasteiger partial charge in [-0.1, -0.05) is 22.2 Å². The Hall–Kier alpha value is -0.800. The minimum Gasteiger partial charge on any atom is -0.508 e. The van der Waals surface area contributed by atoms with E-state index in [9.17, 15) is 13.2 Å². The second kappa shape index (κ2) is 10.0. The molecule has 0 radical (unpaired) electrons. The van der Waals surface area contributed by atoms with E-state index >= 15 is 0 Å². The number of phenols is 1. The maximum atomic E-state index is 12.4. The summed E-state index contributed by atoms with van der Waals surface area (Å²) in [6.07, 6.45) is 1.43. The van der Waals surface area contributed by atoms with Crippen LogP contribution in [0.15, 0.2) is 18.2 Å². The number of unbranched alkanes of at least 4 members (excludes halogenated alkanes) is 1. The number of phenolic OH excluding ortho intramolecular Hbond substituents is 1. The van der Waals surface area contributed by atoms with Crippen molar-refractivity contribution in [3.05, 3.63) is 29.6 Å². The van der Waals surface area contributed by atoms with Crippen molar-refractivity contribution in [1.29, 1.82) is 0 Å². The highest BCUT2D eigenvalue weighted by Crippen LogP contribution is 2.28. The van der Waals surface area contributed by atoms with Gasteiger partial charge < -0.3 is 10.0 Å². The zero-order valence-electron chi connectivity index (χ0n) is 12.9. The summed E-state index contributed by atoms with van der Waals surface area (Å²) in [4.78, 5) is 2.13. The summed E-state index contributed by atoms with van der Waals surface area (Å²) in [5.41, 5.74) is -2.26. The molecule has 6 heteroatoms. The molecule has 0 aromatic heterocycles. The standard InChI is InChI=1S/C8H18F2NP.C7H7FO/c1-3-11(2)7-5-4-6-8(9,10)12;1-5-6(8)3-2-4-7(5)9/h3-7,12H2,1-2H3;2-4,9H,1H3. The first-order chi connectivity index (χ1) is 9.67. The third-order valence-corrected chi connectivity index (χ3v) is 3.37. The maximum Gasteiger partial charge on any atom is 0.259 e. The molecule has 0 amide bonds. The molecular weight excluding hydrogens is 298 g/mol. The molecule has 0 fully saturated rings. The molecule has 1 atom stereocenters. The van der Waals surface area contributed by atoms with Gasteiger partial charge in [0, 0.05) is 12.0 Å². The number of nitrogens with zero attached hydrogens (tertiary/aromatic N) is 1. The van der Waals surface area contributed by atoms with Crippen LogP contribution in [0, 0.1) is 12.7 Å². The Morgan fingerprint density at radius 3 is 2.33 bits per heavy atom. The van der Waals surface area contributed by atoms with Crippen molar-refractivity contribution >= 4 is 9.24 Å². The first-order valence-corrected chi connectivity index (χ1v) is 7.54. The Morgan fingerprint density at radius 2 is 1.90 bits per heavy atom. The molecule has 2 nitrogen and oxygen atoms in total. The van der Waals surface area contributed by atoms with Crippen LogP contribution in [0.1, 0.15) is 31.7 Å². The first-order valence-electron chi connectivity index (χ1n) is 6.96. The molecule has 122 valence electrons. The van der Waals surface area contributed by atoms with Gasteiger partial charge in [-0.05, 0) is 52.0 Å². The van der Waals surface area contributed by atoms with Gasteiger partial charge in [-0.3, -0.25) is 0 Å². The lowest BCUT2D eigenvalue weighted by Crippen LogP contribution is -2.19. The van der Waals surface area contributed by atoms with Crippen molar-refractivity contribution in [2.24, 2.45) is 0 Å². The summed E-state index contributed by atoms with van der Waals surface area (Å²) in [5, 5.41) is 8.86. The van der Waals surface area contributed by atoms with Crippen molar-refractivity contribution in [2.45, 2.75) is 38.8 Å². The van der Waals surface area contributed by atoms with Crippen LogP contribution in [0.2, 0.25) is 0 Å². The van der Waals surface area contributed by atoms with Crippen LogP contribution in [0.5, 0.6) is 5.75 Å². The normalized spacial score (nSPS) is 11.2. The molecule has 0 aliphatic carbocycles. The molecule has 0 bridgehead atoms. The number of hydrogen-bond acceptors (Lipinski definition) is 2. The number of halogens is 3. The van der Waals surface area contributed by atoms with Crippen molar-refractivity contribution in [2.75, 3.05) is 20.1 Å². The molecule has 0 aliphatic rings. The van der Waals surface area contributed by atoms with E-state index in [0.717, 1.165) is 19.5 Å². The summed E-state index contributed by atoms with van der Waals surface area (Å²) in [6, 6.07) is 4.24. The predicted octanol–water partition coefficient (Wildman–Crippen LogP) is 4.42. The fourth-order valence-corrected chi connectivity index (χ4v) is 1.70. The van der Waals surface area contributed by atoms with Crippen LogP contribution < -0.4 is 0 Å². The number of benzene rings is 1. The molecule has 1 aromatic rings. The van der Waals surface area contributed by atoms with Gasteiger partial charge in [-0.15, -0.1) is 0 Å². The number of alkyl halides is 2. The molecule has 1 N–H and O–H groups in total. The Kier molecular flexibility index (Phi) is 9.63. The summed E-state index contributed by atoms with van der Waals surface area (Å²) in [5.74, 6) is -0.356. The lowest BCUT2D eigenvalue weighted by molar-refractivity contribution is 0.0902. The Labute approximate surface area is 127 Å². The highest BCUT2D eigenvalue weighted by atomic mass is 31.0. The van der Waals surface area contributed by atoms with E-state index in [4.69, 9.17) is 5.11 Å². The Morgan fingerprint density at radius 1 is 1.29 bits per heavy atom. The highest BCUT2D eigenvalue weighted by Gasteiger charge is 2.19. The average Bonchev–Trinajstić information content (AvgIpc) is 2.40. The molecule has 1 unspecified atom stereocenters. The van der Waals surface area contributed by atoms with Crippen molar-refractivity contribution < 1.29 is 18.3 Å². The van der Waals surface area contributed by atoms with Crippen LogP contribution in [-0.4, -0.2) is 35.8 Å². The van der Waals surface area contributed by atoms with Crippen LogP contribution in [0.3, 0.4) is 0 Å². The van der Waals surface area contributed by atoms with Crippen LogP contribution >= 0.6 is 9.24 Å². The van der Waals surface area contributed by atoms with Crippen LogP contribution in [0.25, 0.3) is 0 Å². The summed E-state index contributed by atoms with van der Waals surface area (Å²) < 4.78 is 37.0. The molecule has 0 spiro atoms. The van der Waals surface area contributed by atoms with E-state index in [2.05, 4.69) is 11.8 Å². The zero-order chi connectivity index (χ0) is 16.5. The van der Waals surface area contributed by atoms with Crippen LogP contribution in [0.4, 0.5) is 13.2 Å². The summed E-state index contributed by atoms with van der Waals surface area (Å²) in [6.45, 7) is 5.49. The Balaban J connectivity index is 0.000000394. The molecule has 21 heavy (non-hydrogen) atoms. The van der Waals surface area contributed by atoms with Gasteiger partial charge >= 0.3 is 0 Å². The van der Waals surface area contributed by atoms with Gasteiger partial charge in [-0.2, -0.15) is 0 Å². The molecule has 0 aliphatic heterocycles. The van der Waals surface area contributed by atoms with E-state index in [1.165, 1.54) is 25.1 Å². The smallest absolute Gasteiger partial charge is 0.259 e. The van der Waals surface area contributed by atoms with Gasteiger partial charge in [0.05, 0.1) is 0 Å². The molecule has 0 saturated carbocycles. The topological polar surface area (TPSA) is 23.5 Å². The number of hydrogen-bond donors (Lipinski definition) is 1. The third-order valence-electron chi connectivity index (χ3n) is 3.08. The van der Waals surface area contributed by atoms with Crippen LogP contribution in [-0.2, 0) is 0 Å². The zero-order valence-corrected chi connectivity index (χ0v) is 14.0. The number of rotatable bonds is 6. The van der Waals surface area contributed by atoms with E-state index in [1.54, 1.807) is 9.24 Å². The molecule has 1 rings (SSSR count). The van der Waals surface area contributed by atoms with E-state index in [-0.39, 0.29) is 18.0 Å². The quantitative estimate of drug-likeness (QED) is 0.619. The minimum absolute atomic E-state index is 0.00926. The lowest BCUT2D eigenvalue weighted by Gasteiger charge is -2.14. The lowest BCUT2D eigenvalue weighted by atomic mass is 10.2. The molecule has 1 aromatic carbocycles. The Bertz CT molecular complexity index is 390. The maximum absolute atomic E-state index is 12.4. The second-order valence-electron chi connectivity index (χ2n) is 5.00. The van der Waals surface area contributed by atoms with Gasteiger partial charge in [0.2, 0.25) is 0 Å². The van der Waals surface area contributed by atoms with Gasteiger partial charge in [0.1, 0.15) is 11.6 Å². The molecule has 0 heterocycles. The first kappa shape index (κ1) is 20.2. The predicted molar refractivity (Wildman–Crippen MR) is 84.5 cm³/mol. The van der Waals surface area contributed by atoms with E-state index in [0.29, 0.717) is 12.0 Å². The molecule has 0 saturated heterocycles. The highest BCUT2D eigenvalue weighted by molar-refractivity contribution is 7.18. The number of aromatic hydroxyl groups is 1. The molecular formula is C15H25F3NOP.